The van der Waals surface area contributed by atoms with Gasteiger partial charge in [-0.25, -0.2) is 4.79 Å². The largest absolute Gasteiger partial charge is 0.384 e. The summed E-state index contributed by atoms with van der Waals surface area (Å²) in [6.45, 7) is 5.23. The van der Waals surface area contributed by atoms with E-state index in [1.54, 1.807) is 12.0 Å². The number of hydrogen-bond donors (Lipinski definition) is 0. The van der Waals surface area contributed by atoms with E-state index >= 15 is 0 Å². The molecule has 0 aromatic carbocycles. The van der Waals surface area contributed by atoms with E-state index < -0.39 is 0 Å². The predicted molar refractivity (Wildman–Crippen MR) is 55.3 cm³/mol. The smallest absolute Gasteiger partial charge is 0.319 e. The van der Waals surface area contributed by atoms with Gasteiger partial charge in [-0.15, -0.1) is 0 Å². The summed E-state index contributed by atoms with van der Waals surface area (Å²) in [5.41, 5.74) is 0. The van der Waals surface area contributed by atoms with Crippen LogP contribution in [0.2, 0.25) is 0 Å². The van der Waals surface area contributed by atoms with Crippen LogP contribution in [0.1, 0.15) is 13.3 Å². The Morgan fingerprint density at radius 3 is 2.93 bits per heavy atom. The second-order valence-electron chi connectivity index (χ2n) is 3.85. The fourth-order valence-electron chi connectivity index (χ4n) is 1.75. The molecule has 0 radical (unpaired) electrons. The van der Waals surface area contributed by atoms with Gasteiger partial charge in [-0.2, -0.15) is 0 Å². The Morgan fingerprint density at radius 1 is 1.64 bits per heavy atom. The van der Waals surface area contributed by atoms with E-state index in [2.05, 4.69) is 0 Å². The number of urea groups is 1. The summed E-state index contributed by atoms with van der Waals surface area (Å²) in [6.07, 6.45) is 1.07. The minimum absolute atomic E-state index is 0.145. The zero-order valence-corrected chi connectivity index (χ0v) is 9.32. The van der Waals surface area contributed by atoms with Crippen molar-refractivity contribution in [3.63, 3.8) is 0 Å². The van der Waals surface area contributed by atoms with Crippen LogP contribution in [0.5, 0.6) is 0 Å². The van der Waals surface area contributed by atoms with Gasteiger partial charge in [0.25, 0.3) is 0 Å². The molecule has 0 N–H and O–H groups in total. The first-order chi connectivity index (χ1) is 6.69. The van der Waals surface area contributed by atoms with E-state index in [1.165, 1.54) is 0 Å². The van der Waals surface area contributed by atoms with E-state index in [9.17, 15) is 4.79 Å². The summed E-state index contributed by atoms with van der Waals surface area (Å²) in [6, 6.07) is 0.145. The summed E-state index contributed by atoms with van der Waals surface area (Å²) in [4.78, 5) is 15.4. The average Bonchev–Trinajstić information content (AvgIpc) is 2.64. The number of ether oxygens (including phenoxy) is 1. The third kappa shape index (κ3) is 2.61. The van der Waals surface area contributed by atoms with Gasteiger partial charge < -0.3 is 14.5 Å². The second kappa shape index (κ2) is 5.20. The summed E-state index contributed by atoms with van der Waals surface area (Å²) < 4.78 is 5.09. The monoisotopic (exact) mass is 200 g/mol. The number of hydrogen-bond acceptors (Lipinski definition) is 2. The van der Waals surface area contributed by atoms with Crippen molar-refractivity contribution in [2.24, 2.45) is 5.92 Å². The highest BCUT2D eigenvalue weighted by Crippen LogP contribution is 2.17. The molecule has 0 bridgehead atoms. The van der Waals surface area contributed by atoms with Crippen LogP contribution >= 0.6 is 0 Å². The third-order valence-corrected chi connectivity index (χ3v) is 2.76. The molecule has 4 nitrogen and oxygen atoms in total. The number of carbonyl (C=O) groups excluding carboxylic acids is 1. The van der Waals surface area contributed by atoms with Crippen LogP contribution in [0.4, 0.5) is 4.79 Å². The van der Waals surface area contributed by atoms with Crippen molar-refractivity contribution < 1.29 is 9.53 Å². The van der Waals surface area contributed by atoms with Crippen molar-refractivity contribution in [2.45, 2.75) is 13.3 Å². The van der Waals surface area contributed by atoms with Crippen molar-refractivity contribution in [3.05, 3.63) is 0 Å². The van der Waals surface area contributed by atoms with E-state index in [-0.39, 0.29) is 6.03 Å². The minimum atomic E-state index is 0.145. The molecule has 0 spiro atoms. The molecule has 0 aromatic heterocycles. The fourth-order valence-corrected chi connectivity index (χ4v) is 1.75. The first-order valence-electron chi connectivity index (χ1n) is 5.18. The van der Waals surface area contributed by atoms with Crippen LogP contribution in [0.25, 0.3) is 0 Å². The van der Waals surface area contributed by atoms with E-state index in [1.807, 2.05) is 18.9 Å². The molecule has 0 aromatic rings. The standard InChI is InChI=1S/C10H20N2O2/c1-4-11(2)10(13)12-6-5-9(7-12)8-14-3/h9H,4-8H2,1-3H3. The maximum atomic E-state index is 11.7. The molecular formula is C10H20N2O2. The lowest BCUT2D eigenvalue weighted by Crippen LogP contribution is -2.39. The van der Waals surface area contributed by atoms with Crippen LogP contribution in [-0.4, -0.2) is 56.2 Å². The van der Waals surface area contributed by atoms with Crippen molar-refractivity contribution >= 4 is 6.03 Å². The number of likely N-dealkylation sites (tertiary alicyclic amines) is 1. The molecule has 1 unspecified atom stereocenters. The van der Waals surface area contributed by atoms with Crippen LogP contribution < -0.4 is 0 Å². The van der Waals surface area contributed by atoms with Crippen molar-refractivity contribution in [1.82, 2.24) is 9.80 Å². The molecule has 1 heterocycles. The highest BCUT2D eigenvalue weighted by molar-refractivity contribution is 5.74. The number of carbonyl (C=O) groups is 1. The quantitative estimate of drug-likeness (QED) is 0.681. The van der Waals surface area contributed by atoms with E-state index in [4.69, 9.17) is 4.74 Å². The van der Waals surface area contributed by atoms with Gasteiger partial charge in [0.2, 0.25) is 0 Å². The minimum Gasteiger partial charge on any atom is -0.384 e. The van der Waals surface area contributed by atoms with Crippen LogP contribution in [0.3, 0.4) is 0 Å². The average molecular weight is 200 g/mol. The Kier molecular flexibility index (Phi) is 4.20. The number of methoxy groups -OCH3 is 1. The van der Waals surface area contributed by atoms with Gasteiger partial charge in [0.05, 0.1) is 6.61 Å². The molecule has 1 aliphatic heterocycles. The zero-order chi connectivity index (χ0) is 10.6. The Balaban J connectivity index is 2.37. The number of nitrogens with zero attached hydrogens (tertiary/aromatic N) is 2. The lowest BCUT2D eigenvalue weighted by atomic mass is 10.1. The predicted octanol–water partition coefficient (Wildman–Crippen LogP) is 1.03. The first kappa shape index (κ1) is 11.3. The molecule has 1 saturated heterocycles. The molecule has 4 heteroatoms. The Labute approximate surface area is 85.8 Å². The first-order valence-corrected chi connectivity index (χ1v) is 5.18. The Hall–Kier alpha value is -0.770. The van der Waals surface area contributed by atoms with Gasteiger partial charge >= 0.3 is 6.03 Å². The summed E-state index contributed by atoms with van der Waals surface area (Å²) >= 11 is 0. The number of amides is 2. The normalized spacial score (nSPS) is 21.4. The molecular weight excluding hydrogens is 180 g/mol. The molecule has 1 fully saturated rings. The maximum absolute atomic E-state index is 11.7. The van der Waals surface area contributed by atoms with Gasteiger partial charge in [0, 0.05) is 39.7 Å². The van der Waals surface area contributed by atoms with E-state index in [0.717, 1.165) is 32.7 Å². The zero-order valence-electron chi connectivity index (χ0n) is 9.32. The summed E-state index contributed by atoms with van der Waals surface area (Å²) in [5, 5.41) is 0. The molecule has 2 amide bonds. The molecule has 82 valence electrons. The third-order valence-electron chi connectivity index (χ3n) is 2.76. The SMILES string of the molecule is CCN(C)C(=O)N1CCC(COC)C1. The summed E-state index contributed by atoms with van der Waals surface area (Å²) in [7, 11) is 3.55. The van der Waals surface area contributed by atoms with Crippen molar-refractivity contribution in [2.75, 3.05) is 40.4 Å². The molecule has 0 saturated carbocycles. The molecule has 1 aliphatic rings. The number of rotatable bonds is 3. The van der Waals surface area contributed by atoms with Crippen LogP contribution in [-0.2, 0) is 4.74 Å². The van der Waals surface area contributed by atoms with Gasteiger partial charge in [-0.3, -0.25) is 0 Å². The van der Waals surface area contributed by atoms with Crippen molar-refractivity contribution in [1.29, 1.82) is 0 Å². The summed E-state index contributed by atoms with van der Waals surface area (Å²) in [5.74, 6) is 0.522. The molecule has 1 rings (SSSR count). The molecule has 0 aliphatic carbocycles. The van der Waals surface area contributed by atoms with Crippen molar-refractivity contribution in [3.8, 4) is 0 Å². The van der Waals surface area contributed by atoms with Gasteiger partial charge in [0.1, 0.15) is 0 Å². The van der Waals surface area contributed by atoms with Crippen LogP contribution in [0, 0.1) is 5.92 Å². The highest BCUT2D eigenvalue weighted by Gasteiger charge is 2.27. The lowest BCUT2D eigenvalue weighted by Gasteiger charge is -2.23. The molecule has 14 heavy (non-hydrogen) atoms. The van der Waals surface area contributed by atoms with Gasteiger partial charge in [0.15, 0.2) is 0 Å². The lowest BCUT2D eigenvalue weighted by molar-refractivity contribution is 0.147. The van der Waals surface area contributed by atoms with E-state index in [0.29, 0.717) is 5.92 Å². The van der Waals surface area contributed by atoms with Gasteiger partial charge in [-0.1, -0.05) is 0 Å². The van der Waals surface area contributed by atoms with Gasteiger partial charge in [-0.05, 0) is 13.3 Å². The second-order valence-corrected chi connectivity index (χ2v) is 3.85. The molecule has 1 atom stereocenters. The highest BCUT2D eigenvalue weighted by atomic mass is 16.5. The maximum Gasteiger partial charge on any atom is 0.319 e. The topological polar surface area (TPSA) is 32.8 Å². The Morgan fingerprint density at radius 2 is 2.36 bits per heavy atom. The Bertz CT molecular complexity index is 197. The van der Waals surface area contributed by atoms with Crippen LogP contribution in [0.15, 0.2) is 0 Å². The fraction of sp³-hybridized carbons (Fsp3) is 0.900.